The number of ketones is 1. The van der Waals surface area contributed by atoms with Gasteiger partial charge >= 0.3 is 15.5 Å². The van der Waals surface area contributed by atoms with Crippen molar-refractivity contribution in [3.63, 3.8) is 0 Å². The molecule has 2 heterocycles. The molecule has 1 unspecified atom stereocenters. The average molecular weight is 808 g/mol. The number of isocyanates is 1. The molecule has 2 amide bonds. The van der Waals surface area contributed by atoms with Crippen molar-refractivity contribution in [2.24, 2.45) is 4.99 Å². The standard InChI is InChI=1S/C37H43ClF3N5O6S.C2H6/c1-4-5-6-7-8-9-10-11-12-15-20-45-25(3)31(24(2)34(45)42-23-47)33(48)32(46-22-26-16-13-14-17-28(26)36(46)50)35(49)43-30-21-27(18-19-29(30)38)44-53(51,52)37(39,40)41;1-2/h13-14,16-19,21,32,44H,4-12,15,20,22H2,1-3H3,(H,43,49);1-2H3. The van der Waals surface area contributed by atoms with Crippen molar-refractivity contribution >= 4 is 62.5 Å². The second-order valence-electron chi connectivity index (χ2n) is 13.0. The first kappa shape index (κ1) is 44.9. The zero-order chi connectivity index (χ0) is 40.9. The molecule has 1 aliphatic rings. The smallest absolute Gasteiger partial charge is 0.329 e. The number of benzene rings is 2. The van der Waals surface area contributed by atoms with E-state index in [0.717, 1.165) is 55.2 Å². The van der Waals surface area contributed by atoms with E-state index < -0.39 is 44.9 Å². The number of unbranched alkanes of at least 4 members (excludes halogenated alkanes) is 9. The van der Waals surface area contributed by atoms with E-state index >= 15 is 0 Å². The summed E-state index contributed by atoms with van der Waals surface area (Å²) in [6.07, 6.45) is 12.6. The highest BCUT2D eigenvalue weighted by molar-refractivity contribution is 7.93. The van der Waals surface area contributed by atoms with E-state index in [2.05, 4.69) is 17.2 Å². The molecule has 0 fully saturated rings. The topological polar surface area (TPSA) is 147 Å². The molecule has 55 heavy (non-hydrogen) atoms. The fraction of sp³-hybridized carbons (Fsp3) is 0.487. The number of Topliss-reactive ketones (excluding diaryl/α,β-unsaturated/α-hetero) is 1. The van der Waals surface area contributed by atoms with E-state index in [9.17, 15) is 40.8 Å². The van der Waals surface area contributed by atoms with Crippen LogP contribution < -0.4 is 10.0 Å². The number of nitrogens with one attached hydrogen (secondary N) is 2. The van der Waals surface area contributed by atoms with Crippen LogP contribution in [-0.2, 0) is 32.7 Å². The molecular weight excluding hydrogens is 759 g/mol. The lowest BCUT2D eigenvalue weighted by atomic mass is 9.98. The highest BCUT2D eigenvalue weighted by Crippen LogP contribution is 2.35. The highest BCUT2D eigenvalue weighted by atomic mass is 35.5. The van der Waals surface area contributed by atoms with E-state index in [1.165, 1.54) is 36.8 Å². The lowest BCUT2D eigenvalue weighted by molar-refractivity contribution is -0.119. The lowest BCUT2D eigenvalue weighted by Crippen LogP contribution is -2.49. The fourth-order valence-electron chi connectivity index (χ4n) is 6.58. The molecule has 0 bridgehead atoms. The van der Waals surface area contributed by atoms with Crippen molar-refractivity contribution in [1.82, 2.24) is 9.47 Å². The summed E-state index contributed by atoms with van der Waals surface area (Å²) < 4.78 is 65.8. The van der Waals surface area contributed by atoms with Crippen molar-refractivity contribution in [3.8, 4) is 0 Å². The van der Waals surface area contributed by atoms with E-state index in [-0.39, 0.29) is 34.2 Å². The number of alkyl halides is 3. The van der Waals surface area contributed by atoms with E-state index in [1.807, 2.05) is 13.8 Å². The van der Waals surface area contributed by atoms with Crippen LogP contribution in [-0.4, -0.2) is 53.1 Å². The van der Waals surface area contributed by atoms with Crippen LogP contribution in [0.2, 0.25) is 5.02 Å². The summed E-state index contributed by atoms with van der Waals surface area (Å²) in [6.45, 7) is 9.73. The summed E-state index contributed by atoms with van der Waals surface area (Å²) in [5.41, 5.74) is -4.90. The zero-order valence-electron chi connectivity index (χ0n) is 31.8. The molecule has 0 spiro atoms. The molecule has 0 radical (unpaired) electrons. The molecule has 1 atom stereocenters. The molecule has 1 aliphatic heterocycles. The van der Waals surface area contributed by atoms with Crippen molar-refractivity contribution < 1.29 is 40.8 Å². The first-order valence-corrected chi connectivity index (χ1v) is 20.4. The van der Waals surface area contributed by atoms with Crippen LogP contribution in [0.4, 0.5) is 30.4 Å². The number of carbonyl (C=O) groups is 3. The van der Waals surface area contributed by atoms with Gasteiger partial charge in [-0.1, -0.05) is 108 Å². The number of fused-ring (bicyclic) bond motifs is 1. The van der Waals surface area contributed by atoms with Gasteiger partial charge in [-0.25, -0.2) is 4.79 Å². The average Bonchev–Trinajstić information content (AvgIpc) is 3.58. The third kappa shape index (κ3) is 11.1. The molecule has 2 N–H and O–H groups in total. The summed E-state index contributed by atoms with van der Waals surface area (Å²) in [6, 6.07) is 7.63. The maximum absolute atomic E-state index is 14.6. The minimum Gasteiger partial charge on any atom is -0.329 e. The van der Waals surface area contributed by atoms with Crippen molar-refractivity contribution in [2.45, 2.75) is 123 Å². The first-order chi connectivity index (χ1) is 26.1. The number of sulfonamides is 1. The minimum absolute atomic E-state index is 0.0628. The molecule has 300 valence electrons. The molecule has 16 heteroatoms. The Morgan fingerprint density at radius 3 is 2.15 bits per heavy atom. The maximum atomic E-state index is 14.6. The molecular formula is C39H49ClF3N5O6S. The number of hydrogen-bond acceptors (Lipinski definition) is 7. The molecule has 0 saturated carbocycles. The SMILES string of the molecule is CC.CCCCCCCCCCCCn1c(C)c(C(=O)C(C(=O)Nc2cc(NS(=O)(=O)C(F)(F)F)ccc2Cl)N2Cc3ccccc3C2=O)c(C)c1N=C=O. The molecule has 2 aromatic carbocycles. The van der Waals surface area contributed by atoms with Crippen molar-refractivity contribution in [2.75, 3.05) is 10.0 Å². The Bertz CT molecular complexity index is 1990. The molecule has 3 aromatic rings. The minimum atomic E-state index is -5.81. The largest absolute Gasteiger partial charge is 0.516 e. The van der Waals surface area contributed by atoms with Crippen LogP contribution in [0.1, 0.15) is 123 Å². The highest BCUT2D eigenvalue weighted by Gasteiger charge is 2.46. The second-order valence-corrected chi connectivity index (χ2v) is 15.1. The zero-order valence-corrected chi connectivity index (χ0v) is 33.4. The summed E-state index contributed by atoms with van der Waals surface area (Å²) in [7, 11) is -5.81. The van der Waals surface area contributed by atoms with Gasteiger partial charge in [0.05, 0.1) is 16.4 Å². The van der Waals surface area contributed by atoms with Gasteiger partial charge < -0.3 is 14.8 Å². The van der Waals surface area contributed by atoms with Crippen LogP contribution in [0, 0.1) is 13.8 Å². The molecule has 4 rings (SSSR count). The van der Waals surface area contributed by atoms with Gasteiger partial charge in [-0.3, -0.25) is 19.1 Å². The molecule has 1 aromatic heterocycles. The number of aromatic nitrogens is 1. The van der Waals surface area contributed by atoms with Crippen LogP contribution >= 0.6 is 11.6 Å². The number of rotatable bonds is 19. The predicted octanol–water partition coefficient (Wildman–Crippen LogP) is 9.78. The normalized spacial score (nSPS) is 13.0. The van der Waals surface area contributed by atoms with Gasteiger partial charge in [0.15, 0.2) is 11.8 Å². The van der Waals surface area contributed by atoms with Gasteiger partial charge in [0.25, 0.3) is 11.8 Å². The molecule has 0 aliphatic carbocycles. The predicted molar refractivity (Wildman–Crippen MR) is 208 cm³/mol. The van der Waals surface area contributed by atoms with Gasteiger partial charge in [-0.2, -0.15) is 21.6 Å². The first-order valence-electron chi connectivity index (χ1n) is 18.5. The monoisotopic (exact) mass is 807 g/mol. The number of nitrogens with zero attached hydrogens (tertiary/aromatic N) is 3. The van der Waals surface area contributed by atoms with E-state index in [0.29, 0.717) is 23.4 Å². The number of carbonyl (C=O) groups excluding carboxylic acids is 4. The molecule has 11 nitrogen and oxygen atoms in total. The van der Waals surface area contributed by atoms with Crippen molar-refractivity contribution in [1.29, 1.82) is 0 Å². The third-order valence-electron chi connectivity index (χ3n) is 9.30. The Hall–Kier alpha value is -4.46. The second kappa shape index (κ2) is 20.5. The van der Waals surface area contributed by atoms with Crippen LogP contribution in [0.3, 0.4) is 0 Å². The Balaban J connectivity index is 0.00000399. The summed E-state index contributed by atoms with van der Waals surface area (Å²) >= 11 is 6.26. The maximum Gasteiger partial charge on any atom is 0.516 e. The molecule has 0 saturated heterocycles. The van der Waals surface area contributed by atoms with E-state index in [4.69, 9.17) is 11.6 Å². The number of amides is 2. The lowest BCUT2D eigenvalue weighted by Gasteiger charge is -2.26. The van der Waals surface area contributed by atoms with Gasteiger partial charge in [0.2, 0.25) is 6.08 Å². The number of anilines is 2. The van der Waals surface area contributed by atoms with Crippen LogP contribution in [0.5, 0.6) is 0 Å². The van der Waals surface area contributed by atoms with Crippen LogP contribution in [0.25, 0.3) is 0 Å². The van der Waals surface area contributed by atoms with Gasteiger partial charge in [0, 0.05) is 35.5 Å². The van der Waals surface area contributed by atoms with Crippen molar-refractivity contribution in [3.05, 3.63) is 75.4 Å². The van der Waals surface area contributed by atoms with Gasteiger partial charge in [-0.15, -0.1) is 4.99 Å². The van der Waals surface area contributed by atoms with E-state index in [1.54, 1.807) is 48.8 Å². The third-order valence-corrected chi connectivity index (χ3v) is 10.7. The Morgan fingerprint density at radius 2 is 1.56 bits per heavy atom. The summed E-state index contributed by atoms with van der Waals surface area (Å²) in [5.74, 6) is -2.28. The Morgan fingerprint density at radius 1 is 0.964 bits per heavy atom. The number of aliphatic imine (C=N–C) groups is 1. The van der Waals surface area contributed by atoms with Gasteiger partial charge in [-0.05, 0) is 50.1 Å². The number of hydrogen-bond donors (Lipinski definition) is 2. The number of halogens is 4. The summed E-state index contributed by atoms with van der Waals surface area (Å²) in [4.78, 5) is 58.9. The Kier molecular flexibility index (Phi) is 16.7. The summed E-state index contributed by atoms with van der Waals surface area (Å²) in [5, 5.41) is 2.23. The quantitative estimate of drug-likeness (QED) is 0.0405. The fourth-order valence-corrected chi connectivity index (χ4v) is 7.30. The Labute approximate surface area is 325 Å². The van der Waals surface area contributed by atoms with Gasteiger partial charge in [0.1, 0.15) is 5.82 Å². The van der Waals surface area contributed by atoms with Crippen LogP contribution in [0.15, 0.2) is 47.5 Å².